The first-order chi connectivity index (χ1) is 12.6. The molecule has 1 aliphatic heterocycles. The summed E-state index contributed by atoms with van der Waals surface area (Å²) in [6.45, 7) is 1.84. The van der Waals surface area contributed by atoms with Crippen LogP contribution >= 0.6 is 11.6 Å². The largest absolute Gasteiger partial charge is 0.480 e. The summed E-state index contributed by atoms with van der Waals surface area (Å²) >= 11 is 6.12. The molecule has 26 heavy (non-hydrogen) atoms. The molecule has 0 aromatic carbocycles. The summed E-state index contributed by atoms with van der Waals surface area (Å²) in [5, 5.41) is 12.2. The number of pyridine rings is 2. The third-order valence-electron chi connectivity index (χ3n) is 5.22. The van der Waals surface area contributed by atoms with Gasteiger partial charge in [-0.3, -0.25) is 4.79 Å². The van der Waals surface area contributed by atoms with Gasteiger partial charge in [-0.15, -0.1) is 0 Å². The average molecular weight is 370 g/mol. The zero-order valence-electron chi connectivity index (χ0n) is 14.4. The molecule has 0 spiro atoms. The number of carboxylic acid groups (broad SMARTS) is 1. The van der Waals surface area contributed by atoms with Crippen LogP contribution in [0.4, 0.5) is 5.82 Å². The fourth-order valence-corrected chi connectivity index (χ4v) is 3.91. The number of rotatable bonds is 3. The lowest BCUT2D eigenvalue weighted by molar-refractivity contribution is -0.142. The fourth-order valence-electron chi connectivity index (χ4n) is 3.76. The van der Waals surface area contributed by atoms with Crippen LogP contribution in [0.25, 0.3) is 10.8 Å². The molecule has 1 atom stereocenters. The van der Waals surface area contributed by atoms with Gasteiger partial charge >= 0.3 is 5.97 Å². The lowest BCUT2D eigenvalue weighted by atomic mass is 9.78. The van der Waals surface area contributed by atoms with Crippen LogP contribution in [-0.2, 0) is 10.2 Å². The van der Waals surface area contributed by atoms with E-state index in [9.17, 15) is 9.90 Å². The van der Waals surface area contributed by atoms with Crippen molar-refractivity contribution in [2.45, 2.75) is 31.1 Å². The number of carbonyl (C=O) groups is 1. The van der Waals surface area contributed by atoms with E-state index >= 15 is 0 Å². The highest BCUT2D eigenvalue weighted by molar-refractivity contribution is 6.30. The van der Waals surface area contributed by atoms with Gasteiger partial charge in [-0.05, 0) is 37.8 Å². The van der Waals surface area contributed by atoms with Crippen LogP contribution in [-0.4, -0.2) is 34.1 Å². The fraction of sp³-hybridized carbons (Fsp3) is 0.350. The lowest BCUT2D eigenvalue weighted by Crippen LogP contribution is -2.36. The molecule has 3 heterocycles. The molecule has 6 heteroatoms. The Balaban J connectivity index is 1.93. The molecule has 134 valence electrons. The molecule has 0 bridgehead atoms. The van der Waals surface area contributed by atoms with Crippen LogP contribution in [0.15, 0.2) is 42.6 Å². The number of fused-ring (bicyclic) bond motifs is 1. The van der Waals surface area contributed by atoms with E-state index in [1.165, 1.54) is 6.42 Å². The molecule has 1 aliphatic carbocycles. The zero-order valence-corrected chi connectivity index (χ0v) is 15.1. The Hall–Kier alpha value is -2.40. The van der Waals surface area contributed by atoms with Crippen molar-refractivity contribution in [2.24, 2.45) is 0 Å². The number of halogens is 1. The Bertz CT molecular complexity index is 919. The van der Waals surface area contributed by atoms with E-state index in [-0.39, 0.29) is 0 Å². The van der Waals surface area contributed by atoms with E-state index in [0.717, 1.165) is 42.5 Å². The summed E-state index contributed by atoms with van der Waals surface area (Å²) in [5.74, 6) is -0.0819. The molecule has 2 aromatic heterocycles. The second kappa shape index (κ2) is 6.72. The van der Waals surface area contributed by atoms with E-state index < -0.39 is 11.4 Å². The van der Waals surface area contributed by atoms with Gasteiger partial charge in [0.25, 0.3) is 0 Å². The van der Waals surface area contributed by atoms with Crippen molar-refractivity contribution in [1.82, 2.24) is 9.97 Å². The Kier molecular flexibility index (Phi) is 4.41. The average Bonchev–Trinajstić information content (AvgIpc) is 2.68. The molecule has 0 radical (unpaired) electrons. The molecule has 2 aliphatic rings. The predicted molar refractivity (Wildman–Crippen MR) is 103 cm³/mol. The molecule has 5 nitrogen and oxygen atoms in total. The Labute approximate surface area is 157 Å². The van der Waals surface area contributed by atoms with E-state index in [4.69, 9.17) is 16.6 Å². The van der Waals surface area contributed by atoms with E-state index in [2.05, 4.69) is 9.88 Å². The SMILES string of the molecule is O=C(O)[C@@]1(c2cc3cnc(Cl)cc3c(N3CCCCC3)n2)C=CC=CC1. The molecule has 4 rings (SSSR count). The lowest BCUT2D eigenvalue weighted by Gasteiger charge is -2.32. The number of carboxylic acids is 1. The van der Waals surface area contributed by atoms with Gasteiger partial charge in [0.2, 0.25) is 0 Å². The summed E-state index contributed by atoms with van der Waals surface area (Å²) in [7, 11) is 0. The van der Waals surface area contributed by atoms with E-state index in [1.807, 2.05) is 24.3 Å². The number of allylic oxidation sites excluding steroid dienone is 3. The first-order valence-electron chi connectivity index (χ1n) is 8.90. The number of hydrogen-bond acceptors (Lipinski definition) is 4. The second-order valence-corrected chi connectivity index (χ2v) is 7.26. The summed E-state index contributed by atoms with van der Waals surface area (Å²) in [4.78, 5) is 23.5. The quantitative estimate of drug-likeness (QED) is 0.824. The van der Waals surface area contributed by atoms with Crippen molar-refractivity contribution in [1.29, 1.82) is 0 Å². The van der Waals surface area contributed by atoms with Crippen molar-refractivity contribution in [2.75, 3.05) is 18.0 Å². The summed E-state index contributed by atoms with van der Waals surface area (Å²) < 4.78 is 0. The van der Waals surface area contributed by atoms with Crippen LogP contribution in [0.3, 0.4) is 0 Å². The molecule has 0 amide bonds. The second-order valence-electron chi connectivity index (χ2n) is 6.87. The molecular weight excluding hydrogens is 350 g/mol. The zero-order chi connectivity index (χ0) is 18.1. The number of anilines is 1. The molecule has 1 saturated heterocycles. The Morgan fingerprint density at radius 3 is 2.69 bits per heavy atom. The Morgan fingerprint density at radius 1 is 1.19 bits per heavy atom. The molecule has 1 fully saturated rings. The molecule has 1 N–H and O–H groups in total. The first-order valence-corrected chi connectivity index (χ1v) is 9.27. The van der Waals surface area contributed by atoms with Crippen molar-refractivity contribution < 1.29 is 9.90 Å². The standard InChI is InChI=1S/C20H20ClN3O2/c21-17-12-15-14(13-22-17)11-16(20(19(25)26)7-3-1-4-8-20)23-18(15)24-9-5-2-6-10-24/h1,3-4,7,11-13H,2,5-6,8-10H2,(H,25,26)/t20-/m0/s1. The topological polar surface area (TPSA) is 66.3 Å². The van der Waals surface area contributed by atoms with Gasteiger partial charge in [-0.2, -0.15) is 0 Å². The smallest absolute Gasteiger partial charge is 0.319 e. The maximum atomic E-state index is 12.2. The first kappa shape index (κ1) is 17.0. The van der Waals surface area contributed by atoms with Gasteiger partial charge in [-0.1, -0.05) is 35.9 Å². The highest BCUT2D eigenvalue weighted by Gasteiger charge is 2.40. The van der Waals surface area contributed by atoms with Crippen molar-refractivity contribution in [3.63, 3.8) is 0 Å². The number of hydrogen-bond donors (Lipinski definition) is 1. The van der Waals surface area contributed by atoms with Gasteiger partial charge < -0.3 is 10.0 Å². The van der Waals surface area contributed by atoms with E-state index in [0.29, 0.717) is 17.3 Å². The summed E-state index contributed by atoms with van der Waals surface area (Å²) in [6.07, 6.45) is 12.8. The van der Waals surface area contributed by atoms with Crippen molar-refractivity contribution in [3.05, 3.63) is 53.5 Å². The normalized spacial score (nSPS) is 22.7. The van der Waals surface area contributed by atoms with Crippen LogP contribution < -0.4 is 4.90 Å². The third kappa shape index (κ3) is 2.86. The third-order valence-corrected chi connectivity index (χ3v) is 5.43. The molecule has 0 saturated carbocycles. The molecule has 2 aromatic rings. The monoisotopic (exact) mass is 369 g/mol. The number of piperidine rings is 1. The van der Waals surface area contributed by atoms with Crippen molar-refractivity contribution in [3.8, 4) is 0 Å². The van der Waals surface area contributed by atoms with E-state index in [1.54, 1.807) is 18.3 Å². The van der Waals surface area contributed by atoms with Gasteiger partial charge in [0.1, 0.15) is 16.4 Å². The molecular formula is C20H20ClN3O2. The summed E-state index contributed by atoms with van der Waals surface area (Å²) in [5.41, 5.74) is -0.601. The minimum atomic E-state index is -1.15. The number of aromatic nitrogens is 2. The number of nitrogens with zero attached hydrogens (tertiary/aromatic N) is 3. The van der Waals surface area contributed by atoms with Crippen LogP contribution in [0, 0.1) is 0 Å². The Morgan fingerprint density at radius 2 is 2.00 bits per heavy atom. The molecule has 0 unspecified atom stereocenters. The van der Waals surface area contributed by atoms with Gasteiger partial charge in [0.15, 0.2) is 0 Å². The minimum Gasteiger partial charge on any atom is -0.480 e. The maximum absolute atomic E-state index is 12.2. The van der Waals surface area contributed by atoms with Gasteiger partial charge in [0, 0.05) is 30.1 Å². The van der Waals surface area contributed by atoms with Crippen molar-refractivity contribution >= 4 is 34.2 Å². The minimum absolute atomic E-state index is 0.387. The number of aliphatic carboxylic acids is 1. The van der Waals surface area contributed by atoms with Gasteiger partial charge in [-0.25, -0.2) is 9.97 Å². The van der Waals surface area contributed by atoms with Crippen LogP contribution in [0.1, 0.15) is 31.4 Å². The van der Waals surface area contributed by atoms with Crippen LogP contribution in [0.5, 0.6) is 0 Å². The highest BCUT2D eigenvalue weighted by atomic mass is 35.5. The maximum Gasteiger partial charge on any atom is 0.319 e. The highest BCUT2D eigenvalue weighted by Crippen LogP contribution is 2.37. The predicted octanol–water partition coefficient (Wildman–Crippen LogP) is 4.11. The van der Waals surface area contributed by atoms with Crippen LogP contribution in [0.2, 0.25) is 5.15 Å². The summed E-state index contributed by atoms with van der Waals surface area (Å²) in [6, 6.07) is 3.66. The van der Waals surface area contributed by atoms with Gasteiger partial charge in [0.05, 0.1) is 5.69 Å².